The molecule has 1 N–H and O–H groups in total. The smallest absolute Gasteiger partial charge is 0.250 e. The molecule has 1 aliphatic carbocycles. The quantitative estimate of drug-likeness (QED) is 0.235. The van der Waals surface area contributed by atoms with Crippen molar-refractivity contribution in [3.8, 4) is 22.9 Å². The van der Waals surface area contributed by atoms with E-state index in [4.69, 9.17) is 21.1 Å². The average Bonchev–Trinajstić information content (AvgIpc) is 3.32. The van der Waals surface area contributed by atoms with Gasteiger partial charge in [-0.2, -0.15) is 5.10 Å². The maximum Gasteiger partial charge on any atom is 0.250 e. The van der Waals surface area contributed by atoms with Crippen LogP contribution in [0.15, 0.2) is 52.7 Å². The molecule has 1 amide bonds. The molecule has 2 aromatic carbocycles. The average molecular weight is 514 g/mol. The van der Waals surface area contributed by atoms with Crippen LogP contribution in [0.5, 0.6) is 11.5 Å². The van der Waals surface area contributed by atoms with Crippen LogP contribution >= 0.6 is 23.4 Å². The fraction of sp³-hybridized carbons (Fsp3) is 0.360. The highest BCUT2D eigenvalue weighted by atomic mass is 35.5. The first-order valence-electron chi connectivity index (χ1n) is 11.5. The van der Waals surface area contributed by atoms with E-state index < -0.39 is 0 Å². The molecule has 1 heterocycles. The Morgan fingerprint density at radius 2 is 1.91 bits per heavy atom. The Labute approximate surface area is 214 Å². The van der Waals surface area contributed by atoms with Crippen LogP contribution in [0.1, 0.15) is 43.7 Å². The van der Waals surface area contributed by atoms with Gasteiger partial charge in [-0.25, -0.2) is 5.43 Å². The monoisotopic (exact) mass is 513 g/mol. The van der Waals surface area contributed by atoms with Crippen molar-refractivity contribution in [2.45, 2.75) is 43.3 Å². The lowest BCUT2D eigenvalue weighted by Crippen LogP contribution is -2.20. The van der Waals surface area contributed by atoms with Crippen LogP contribution in [0.2, 0.25) is 5.02 Å². The number of nitrogens with zero attached hydrogens (tertiary/aromatic N) is 4. The molecule has 0 bridgehead atoms. The van der Waals surface area contributed by atoms with Gasteiger partial charge in [0.2, 0.25) is 0 Å². The van der Waals surface area contributed by atoms with Gasteiger partial charge in [-0.05, 0) is 49.2 Å². The zero-order valence-corrected chi connectivity index (χ0v) is 21.3. The minimum Gasteiger partial charge on any atom is -0.497 e. The lowest BCUT2D eigenvalue weighted by atomic mass is 9.95. The number of benzene rings is 2. The van der Waals surface area contributed by atoms with Crippen LogP contribution in [0.3, 0.4) is 0 Å². The molecule has 1 fully saturated rings. The van der Waals surface area contributed by atoms with Gasteiger partial charge >= 0.3 is 0 Å². The Bertz CT molecular complexity index is 1180. The van der Waals surface area contributed by atoms with Crippen LogP contribution in [-0.4, -0.2) is 46.9 Å². The molecule has 184 valence electrons. The molecule has 35 heavy (non-hydrogen) atoms. The van der Waals surface area contributed by atoms with Gasteiger partial charge in [-0.15, -0.1) is 10.2 Å². The van der Waals surface area contributed by atoms with Gasteiger partial charge < -0.3 is 9.47 Å². The maximum atomic E-state index is 12.5. The van der Waals surface area contributed by atoms with E-state index >= 15 is 0 Å². The summed E-state index contributed by atoms with van der Waals surface area (Å²) in [5.41, 5.74) is 4.26. The van der Waals surface area contributed by atoms with Crippen LogP contribution in [0.4, 0.5) is 0 Å². The molecule has 0 spiro atoms. The summed E-state index contributed by atoms with van der Waals surface area (Å²) >= 11 is 7.44. The number of hydrogen-bond donors (Lipinski definition) is 1. The number of halogens is 1. The summed E-state index contributed by atoms with van der Waals surface area (Å²) in [4.78, 5) is 12.5. The molecule has 0 atom stereocenters. The highest BCUT2D eigenvalue weighted by molar-refractivity contribution is 7.99. The molecule has 0 aliphatic heterocycles. The largest absolute Gasteiger partial charge is 0.497 e. The van der Waals surface area contributed by atoms with Crippen molar-refractivity contribution >= 4 is 35.5 Å². The summed E-state index contributed by atoms with van der Waals surface area (Å²) in [6, 6.07) is 13.3. The number of carbonyl (C=O) groups excluding carboxylic acids is 1. The van der Waals surface area contributed by atoms with E-state index in [1.54, 1.807) is 32.6 Å². The third-order valence-electron chi connectivity index (χ3n) is 5.87. The Morgan fingerprint density at radius 1 is 1.14 bits per heavy atom. The number of hydrazone groups is 1. The van der Waals surface area contributed by atoms with E-state index in [1.165, 1.54) is 31.0 Å². The zero-order chi connectivity index (χ0) is 24.6. The molecule has 0 saturated heterocycles. The number of nitrogens with one attached hydrogen (secondary N) is 1. The third kappa shape index (κ3) is 6.35. The fourth-order valence-corrected chi connectivity index (χ4v) is 5.02. The Morgan fingerprint density at radius 3 is 2.63 bits per heavy atom. The normalized spacial score (nSPS) is 14.3. The van der Waals surface area contributed by atoms with Crippen molar-refractivity contribution in [2.75, 3.05) is 20.0 Å². The number of hydrogen-bond acceptors (Lipinski definition) is 7. The van der Waals surface area contributed by atoms with Crippen LogP contribution < -0.4 is 14.9 Å². The highest BCUT2D eigenvalue weighted by Crippen LogP contribution is 2.35. The second-order valence-corrected chi connectivity index (χ2v) is 9.54. The number of amides is 1. The predicted octanol–water partition coefficient (Wildman–Crippen LogP) is 5.36. The van der Waals surface area contributed by atoms with Crippen molar-refractivity contribution in [3.63, 3.8) is 0 Å². The molecule has 3 aromatic rings. The van der Waals surface area contributed by atoms with Crippen LogP contribution in [0.25, 0.3) is 11.4 Å². The lowest BCUT2D eigenvalue weighted by Gasteiger charge is -2.25. The van der Waals surface area contributed by atoms with Gasteiger partial charge in [-0.1, -0.05) is 42.6 Å². The van der Waals surface area contributed by atoms with Gasteiger partial charge in [0.25, 0.3) is 5.91 Å². The van der Waals surface area contributed by atoms with E-state index in [0.717, 1.165) is 34.9 Å². The molecule has 10 heteroatoms. The molecular weight excluding hydrogens is 486 g/mol. The molecule has 0 unspecified atom stereocenters. The van der Waals surface area contributed by atoms with Crippen molar-refractivity contribution in [1.82, 2.24) is 20.2 Å². The summed E-state index contributed by atoms with van der Waals surface area (Å²) in [7, 11) is 3.16. The van der Waals surface area contributed by atoms with E-state index in [1.807, 2.05) is 30.3 Å². The summed E-state index contributed by atoms with van der Waals surface area (Å²) in [5.74, 6) is 2.03. The summed E-state index contributed by atoms with van der Waals surface area (Å²) in [6.45, 7) is 0. The first-order chi connectivity index (χ1) is 17.1. The van der Waals surface area contributed by atoms with E-state index in [-0.39, 0.29) is 11.7 Å². The molecule has 4 rings (SSSR count). The van der Waals surface area contributed by atoms with Gasteiger partial charge in [-0.3, -0.25) is 9.36 Å². The molecule has 1 aliphatic rings. The van der Waals surface area contributed by atoms with Gasteiger partial charge in [0.15, 0.2) is 11.0 Å². The number of rotatable bonds is 9. The SMILES string of the molecule is COc1ccc(C=NNC(=O)CSc2nnc(-c3ccc(Cl)cc3)n2C2CCCCC2)c(OC)c1. The van der Waals surface area contributed by atoms with Gasteiger partial charge in [0, 0.05) is 28.3 Å². The highest BCUT2D eigenvalue weighted by Gasteiger charge is 2.24. The number of ether oxygens (including phenoxy) is 2. The Balaban J connectivity index is 1.44. The van der Waals surface area contributed by atoms with Gasteiger partial charge in [0.05, 0.1) is 26.2 Å². The van der Waals surface area contributed by atoms with Crippen molar-refractivity contribution in [3.05, 3.63) is 53.1 Å². The first kappa shape index (κ1) is 25.1. The summed E-state index contributed by atoms with van der Waals surface area (Å²) in [6.07, 6.45) is 7.30. The molecular formula is C25H28ClN5O3S. The van der Waals surface area contributed by atoms with Crippen LogP contribution in [0, 0.1) is 0 Å². The summed E-state index contributed by atoms with van der Waals surface area (Å²) < 4.78 is 12.7. The number of methoxy groups -OCH3 is 2. The predicted molar refractivity (Wildman–Crippen MR) is 139 cm³/mol. The Kier molecular flexibility index (Phi) is 8.65. The van der Waals surface area contributed by atoms with Crippen LogP contribution in [-0.2, 0) is 4.79 Å². The first-order valence-corrected chi connectivity index (χ1v) is 12.8. The molecule has 8 nitrogen and oxygen atoms in total. The van der Waals surface area contributed by atoms with E-state index in [2.05, 4.69) is 25.3 Å². The topological polar surface area (TPSA) is 90.6 Å². The number of thioether (sulfide) groups is 1. The van der Waals surface area contributed by atoms with Gasteiger partial charge in [0.1, 0.15) is 11.5 Å². The van der Waals surface area contributed by atoms with Crippen molar-refractivity contribution < 1.29 is 14.3 Å². The van der Waals surface area contributed by atoms with Crippen molar-refractivity contribution in [2.24, 2.45) is 5.10 Å². The lowest BCUT2D eigenvalue weighted by molar-refractivity contribution is -0.118. The standard InChI is InChI=1S/C25H28ClN5O3S/c1-33-21-13-10-18(22(14-21)34-2)15-27-28-23(32)16-35-25-30-29-24(17-8-11-19(26)12-9-17)31(25)20-6-4-3-5-7-20/h8-15,20H,3-7,16H2,1-2H3,(H,28,32). The third-order valence-corrected chi connectivity index (χ3v) is 7.07. The van der Waals surface area contributed by atoms with E-state index in [9.17, 15) is 4.79 Å². The second kappa shape index (κ2) is 12.1. The molecule has 1 aromatic heterocycles. The minimum absolute atomic E-state index is 0.169. The number of carbonyl (C=O) groups is 1. The van der Waals surface area contributed by atoms with E-state index in [0.29, 0.717) is 22.6 Å². The molecule has 0 radical (unpaired) electrons. The zero-order valence-electron chi connectivity index (χ0n) is 19.7. The fourth-order valence-electron chi connectivity index (χ4n) is 4.10. The number of aromatic nitrogens is 3. The van der Waals surface area contributed by atoms with Crippen molar-refractivity contribution in [1.29, 1.82) is 0 Å². The summed E-state index contributed by atoms with van der Waals surface area (Å²) in [5, 5.41) is 14.4. The maximum absolute atomic E-state index is 12.5. The minimum atomic E-state index is -0.232. The Hall–Kier alpha value is -3.04. The second-order valence-electron chi connectivity index (χ2n) is 8.16. The molecule has 1 saturated carbocycles.